The molecule has 0 saturated carbocycles. The van der Waals surface area contributed by atoms with Crippen LogP contribution in [0, 0.1) is 0 Å². The third-order valence-electron chi connectivity index (χ3n) is 3.69. The van der Waals surface area contributed by atoms with E-state index >= 15 is 0 Å². The van der Waals surface area contributed by atoms with Crippen LogP contribution in [0.25, 0.3) is 0 Å². The van der Waals surface area contributed by atoms with Gasteiger partial charge in [0.25, 0.3) is 0 Å². The fourth-order valence-electron chi connectivity index (χ4n) is 2.59. The number of morpholine rings is 1. The van der Waals surface area contributed by atoms with Crippen molar-refractivity contribution in [2.75, 3.05) is 19.8 Å². The molecular formula is C16H16ClNO3S. The molecule has 1 heterocycles. The van der Waals surface area contributed by atoms with E-state index in [2.05, 4.69) is 0 Å². The zero-order valence-corrected chi connectivity index (χ0v) is 13.4. The minimum atomic E-state index is -3.67. The molecule has 0 aliphatic carbocycles. The minimum Gasteiger partial charge on any atom is -0.378 e. The Bertz CT molecular complexity index is 749. The molecule has 0 bridgehead atoms. The first-order valence-corrected chi connectivity index (χ1v) is 8.81. The van der Waals surface area contributed by atoms with E-state index in [-0.39, 0.29) is 16.0 Å². The molecule has 0 radical (unpaired) electrons. The summed E-state index contributed by atoms with van der Waals surface area (Å²) < 4.78 is 32.9. The summed E-state index contributed by atoms with van der Waals surface area (Å²) in [5.41, 5.74) is 0.915. The predicted molar refractivity (Wildman–Crippen MR) is 85.3 cm³/mol. The molecule has 1 aliphatic heterocycles. The highest BCUT2D eigenvalue weighted by molar-refractivity contribution is 7.89. The fraction of sp³-hybridized carbons (Fsp3) is 0.250. The van der Waals surface area contributed by atoms with E-state index in [1.54, 1.807) is 18.2 Å². The first-order chi connectivity index (χ1) is 10.6. The van der Waals surface area contributed by atoms with Gasteiger partial charge in [0, 0.05) is 6.54 Å². The molecule has 4 nitrogen and oxygen atoms in total. The Morgan fingerprint density at radius 3 is 2.45 bits per heavy atom. The monoisotopic (exact) mass is 337 g/mol. The molecule has 0 N–H and O–H groups in total. The average molecular weight is 338 g/mol. The van der Waals surface area contributed by atoms with Crippen molar-refractivity contribution in [1.29, 1.82) is 0 Å². The van der Waals surface area contributed by atoms with Gasteiger partial charge in [-0.05, 0) is 17.7 Å². The van der Waals surface area contributed by atoms with Gasteiger partial charge in [-0.15, -0.1) is 0 Å². The number of nitrogens with zero attached hydrogens (tertiary/aromatic N) is 1. The van der Waals surface area contributed by atoms with E-state index < -0.39 is 10.0 Å². The van der Waals surface area contributed by atoms with Crippen molar-refractivity contribution in [3.63, 3.8) is 0 Å². The fourth-order valence-corrected chi connectivity index (χ4v) is 4.67. The Kier molecular flexibility index (Phi) is 4.49. The van der Waals surface area contributed by atoms with Gasteiger partial charge in [0.05, 0.1) is 24.3 Å². The lowest BCUT2D eigenvalue weighted by Gasteiger charge is -2.35. The lowest BCUT2D eigenvalue weighted by atomic mass is 10.1. The summed E-state index contributed by atoms with van der Waals surface area (Å²) in [6.07, 6.45) is 0. The molecule has 1 fully saturated rings. The van der Waals surface area contributed by atoms with Gasteiger partial charge in [0.2, 0.25) is 10.0 Å². The molecule has 6 heteroatoms. The van der Waals surface area contributed by atoms with Crippen LogP contribution in [0.4, 0.5) is 0 Å². The summed E-state index contributed by atoms with van der Waals surface area (Å²) in [4.78, 5) is 0.138. The van der Waals surface area contributed by atoms with Crippen molar-refractivity contribution >= 4 is 21.6 Å². The molecule has 3 rings (SSSR count). The SMILES string of the molecule is O=S(=O)(c1ccccc1Cl)N1CCOCC1c1ccccc1. The average Bonchev–Trinajstić information content (AvgIpc) is 2.56. The predicted octanol–water partition coefficient (Wildman–Crippen LogP) is 3.10. The molecule has 0 aromatic heterocycles. The van der Waals surface area contributed by atoms with Crippen molar-refractivity contribution in [3.8, 4) is 0 Å². The maximum absolute atomic E-state index is 13.0. The molecule has 0 amide bonds. The highest BCUT2D eigenvalue weighted by Crippen LogP contribution is 2.32. The summed E-state index contributed by atoms with van der Waals surface area (Å²) in [5, 5.41) is 0.237. The number of rotatable bonds is 3. The van der Waals surface area contributed by atoms with Crippen LogP contribution in [0.2, 0.25) is 5.02 Å². The number of hydrogen-bond donors (Lipinski definition) is 0. The van der Waals surface area contributed by atoms with Crippen molar-refractivity contribution in [3.05, 3.63) is 65.2 Å². The minimum absolute atomic E-state index is 0.138. The molecule has 116 valence electrons. The summed E-state index contributed by atoms with van der Waals surface area (Å²) in [6, 6.07) is 15.7. The molecule has 22 heavy (non-hydrogen) atoms. The number of sulfonamides is 1. The Balaban J connectivity index is 2.02. The van der Waals surface area contributed by atoms with Gasteiger partial charge in [-0.2, -0.15) is 4.31 Å². The Morgan fingerprint density at radius 1 is 1.05 bits per heavy atom. The lowest BCUT2D eigenvalue weighted by Crippen LogP contribution is -2.43. The topological polar surface area (TPSA) is 46.6 Å². The first kappa shape index (κ1) is 15.5. The van der Waals surface area contributed by atoms with E-state index in [0.29, 0.717) is 19.8 Å². The lowest BCUT2D eigenvalue weighted by molar-refractivity contribution is 0.0321. The van der Waals surface area contributed by atoms with Crippen molar-refractivity contribution in [1.82, 2.24) is 4.31 Å². The van der Waals surface area contributed by atoms with Gasteiger partial charge in [-0.3, -0.25) is 0 Å². The second kappa shape index (κ2) is 6.38. The molecular weight excluding hydrogens is 322 g/mol. The molecule has 2 aromatic carbocycles. The Hall–Kier alpha value is -1.40. The van der Waals surface area contributed by atoms with Gasteiger partial charge >= 0.3 is 0 Å². The van der Waals surface area contributed by atoms with E-state index in [1.165, 1.54) is 10.4 Å². The van der Waals surface area contributed by atoms with Gasteiger partial charge in [0.1, 0.15) is 4.90 Å². The zero-order valence-electron chi connectivity index (χ0n) is 11.9. The molecule has 1 atom stereocenters. The van der Waals surface area contributed by atoms with Crippen LogP contribution in [0.3, 0.4) is 0 Å². The number of hydrogen-bond acceptors (Lipinski definition) is 3. The van der Waals surface area contributed by atoms with Crippen LogP contribution in [-0.2, 0) is 14.8 Å². The molecule has 0 spiro atoms. The number of ether oxygens (including phenoxy) is 1. The van der Waals surface area contributed by atoms with Crippen LogP contribution >= 0.6 is 11.6 Å². The van der Waals surface area contributed by atoms with Crippen LogP contribution in [0.1, 0.15) is 11.6 Å². The van der Waals surface area contributed by atoms with E-state index in [4.69, 9.17) is 16.3 Å². The van der Waals surface area contributed by atoms with Crippen molar-refractivity contribution < 1.29 is 13.2 Å². The third kappa shape index (κ3) is 2.90. The largest absolute Gasteiger partial charge is 0.378 e. The van der Waals surface area contributed by atoms with E-state index in [9.17, 15) is 8.42 Å². The molecule has 2 aromatic rings. The third-order valence-corrected chi connectivity index (χ3v) is 6.09. The van der Waals surface area contributed by atoms with Gasteiger partial charge in [-0.1, -0.05) is 54.1 Å². The van der Waals surface area contributed by atoms with Crippen LogP contribution in [0.15, 0.2) is 59.5 Å². The summed E-state index contributed by atoms with van der Waals surface area (Å²) in [7, 11) is -3.67. The molecule has 1 unspecified atom stereocenters. The second-order valence-corrected chi connectivity index (χ2v) is 7.31. The zero-order chi connectivity index (χ0) is 15.6. The summed E-state index contributed by atoms with van der Waals surface area (Å²) >= 11 is 6.08. The molecule has 1 saturated heterocycles. The van der Waals surface area contributed by atoms with Gasteiger partial charge in [-0.25, -0.2) is 8.42 Å². The highest BCUT2D eigenvalue weighted by Gasteiger charge is 2.35. The Morgan fingerprint density at radius 2 is 1.73 bits per heavy atom. The van der Waals surface area contributed by atoms with Gasteiger partial charge < -0.3 is 4.74 Å². The number of benzene rings is 2. The summed E-state index contributed by atoms with van der Waals surface area (Å²) in [6.45, 7) is 1.04. The highest BCUT2D eigenvalue weighted by atomic mass is 35.5. The summed E-state index contributed by atoms with van der Waals surface area (Å²) in [5.74, 6) is 0. The molecule has 1 aliphatic rings. The second-order valence-electron chi connectivity index (χ2n) is 5.05. The van der Waals surface area contributed by atoms with E-state index in [1.807, 2.05) is 30.3 Å². The van der Waals surface area contributed by atoms with Crippen LogP contribution in [-0.4, -0.2) is 32.5 Å². The van der Waals surface area contributed by atoms with Crippen LogP contribution < -0.4 is 0 Å². The number of halogens is 1. The maximum Gasteiger partial charge on any atom is 0.245 e. The normalized spacial score (nSPS) is 20.0. The smallest absolute Gasteiger partial charge is 0.245 e. The standard InChI is InChI=1S/C16H16ClNO3S/c17-14-8-4-5-9-16(14)22(19,20)18-10-11-21-12-15(18)13-6-2-1-3-7-13/h1-9,15H,10-12H2. The first-order valence-electron chi connectivity index (χ1n) is 7.00. The van der Waals surface area contributed by atoms with Crippen molar-refractivity contribution in [2.45, 2.75) is 10.9 Å². The Labute approximate surface area is 135 Å². The van der Waals surface area contributed by atoms with E-state index in [0.717, 1.165) is 5.56 Å². The maximum atomic E-state index is 13.0. The van der Waals surface area contributed by atoms with Crippen LogP contribution in [0.5, 0.6) is 0 Å². The quantitative estimate of drug-likeness (QED) is 0.864. The van der Waals surface area contributed by atoms with Gasteiger partial charge in [0.15, 0.2) is 0 Å². The van der Waals surface area contributed by atoms with Crippen molar-refractivity contribution in [2.24, 2.45) is 0 Å².